The minimum Gasteiger partial charge on any atom is -0.352 e. The molecule has 5 nitrogen and oxygen atoms in total. The van der Waals surface area contributed by atoms with Crippen molar-refractivity contribution in [3.63, 3.8) is 0 Å². The van der Waals surface area contributed by atoms with Gasteiger partial charge in [0.1, 0.15) is 0 Å². The molecule has 1 amide bonds. The summed E-state index contributed by atoms with van der Waals surface area (Å²) in [5, 5.41) is 11.3. The van der Waals surface area contributed by atoms with E-state index in [-0.39, 0.29) is 24.2 Å². The first-order valence-corrected chi connectivity index (χ1v) is 8.27. The number of halogens is 2. The van der Waals surface area contributed by atoms with Crippen molar-refractivity contribution in [1.82, 2.24) is 20.4 Å². The van der Waals surface area contributed by atoms with Crippen LogP contribution in [0.15, 0.2) is 30.5 Å². The predicted molar refractivity (Wildman–Crippen MR) is 98.6 cm³/mol. The van der Waals surface area contributed by atoms with E-state index in [1.165, 1.54) is 0 Å². The standard InChI is InChI=1S/C17H21ClN4O.ClH/c1-11(2)16-15(17(23)20-9-12-7-19-8-12)10-21-22(16)14-5-3-4-13(18)6-14;/h3-6,10-12,19H,7-9H2,1-2H3,(H,20,23);1H. The van der Waals surface area contributed by atoms with Gasteiger partial charge in [-0.25, -0.2) is 4.68 Å². The highest BCUT2D eigenvalue weighted by atomic mass is 35.5. The van der Waals surface area contributed by atoms with E-state index in [1.807, 2.05) is 24.3 Å². The topological polar surface area (TPSA) is 59.0 Å². The van der Waals surface area contributed by atoms with Gasteiger partial charge in [0, 0.05) is 30.6 Å². The van der Waals surface area contributed by atoms with E-state index in [1.54, 1.807) is 10.9 Å². The molecule has 3 rings (SSSR count). The predicted octanol–water partition coefficient (Wildman–Crippen LogP) is 3.02. The Kier molecular flexibility index (Phi) is 6.27. The first-order valence-electron chi connectivity index (χ1n) is 7.89. The van der Waals surface area contributed by atoms with E-state index >= 15 is 0 Å². The van der Waals surface area contributed by atoms with E-state index in [0.717, 1.165) is 24.5 Å². The fourth-order valence-electron chi connectivity index (χ4n) is 2.73. The fourth-order valence-corrected chi connectivity index (χ4v) is 2.91. The number of hydrogen-bond donors (Lipinski definition) is 2. The molecule has 2 heterocycles. The van der Waals surface area contributed by atoms with Crippen molar-refractivity contribution in [2.24, 2.45) is 5.92 Å². The highest BCUT2D eigenvalue weighted by Crippen LogP contribution is 2.24. The minimum absolute atomic E-state index is 0. The molecule has 1 fully saturated rings. The Bertz CT molecular complexity index is 710. The zero-order chi connectivity index (χ0) is 16.4. The summed E-state index contributed by atoms with van der Waals surface area (Å²) >= 11 is 6.08. The van der Waals surface area contributed by atoms with Gasteiger partial charge < -0.3 is 10.6 Å². The molecule has 0 aliphatic carbocycles. The third-order valence-electron chi connectivity index (χ3n) is 4.07. The zero-order valence-corrected chi connectivity index (χ0v) is 15.3. The van der Waals surface area contributed by atoms with Crippen molar-refractivity contribution in [3.8, 4) is 5.69 Å². The van der Waals surface area contributed by atoms with Gasteiger partial charge in [-0.1, -0.05) is 31.5 Å². The minimum atomic E-state index is -0.0612. The lowest BCUT2D eigenvalue weighted by atomic mass is 10.0. The normalized spacial score (nSPS) is 14.2. The summed E-state index contributed by atoms with van der Waals surface area (Å²) in [6, 6.07) is 7.49. The lowest BCUT2D eigenvalue weighted by Crippen LogP contribution is -2.48. The first-order chi connectivity index (χ1) is 11.1. The van der Waals surface area contributed by atoms with Crippen molar-refractivity contribution in [1.29, 1.82) is 0 Å². The molecule has 1 aromatic carbocycles. The number of carbonyl (C=O) groups is 1. The Morgan fingerprint density at radius 2 is 2.21 bits per heavy atom. The third kappa shape index (κ3) is 3.91. The molecule has 1 aromatic heterocycles. The maximum Gasteiger partial charge on any atom is 0.254 e. The fraction of sp³-hybridized carbons (Fsp3) is 0.412. The second-order valence-corrected chi connectivity index (χ2v) is 6.66. The third-order valence-corrected chi connectivity index (χ3v) is 4.30. The van der Waals surface area contributed by atoms with Crippen molar-refractivity contribution >= 4 is 29.9 Å². The lowest BCUT2D eigenvalue weighted by molar-refractivity contribution is 0.0941. The Labute approximate surface area is 153 Å². The van der Waals surface area contributed by atoms with Crippen molar-refractivity contribution < 1.29 is 4.79 Å². The van der Waals surface area contributed by atoms with Crippen LogP contribution in [0.5, 0.6) is 0 Å². The van der Waals surface area contributed by atoms with Gasteiger partial charge in [0.05, 0.1) is 23.1 Å². The SMILES string of the molecule is CC(C)c1c(C(=O)NCC2CNC2)cnn1-c1cccc(Cl)c1.Cl. The smallest absolute Gasteiger partial charge is 0.254 e. The van der Waals surface area contributed by atoms with Gasteiger partial charge in [-0.2, -0.15) is 5.10 Å². The molecular formula is C17H22Cl2N4O. The quantitative estimate of drug-likeness (QED) is 0.852. The molecule has 130 valence electrons. The van der Waals surface area contributed by atoms with Gasteiger partial charge in [-0.05, 0) is 24.1 Å². The zero-order valence-electron chi connectivity index (χ0n) is 13.8. The van der Waals surface area contributed by atoms with Crippen LogP contribution in [0.3, 0.4) is 0 Å². The molecule has 0 atom stereocenters. The van der Waals surface area contributed by atoms with Gasteiger partial charge in [-0.3, -0.25) is 4.79 Å². The molecule has 2 N–H and O–H groups in total. The molecule has 0 radical (unpaired) electrons. The molecule has 0 saturated carbocycles. The van der Waals surface area contributed by atoms with Crippen LogP contribution in [0.2, 0.25) is 5.02 Å². The average Bonchev–Trinajstić information content (AvgIpc) is 2.90. The van der Waals surface area contributed by atoms with Gasteiger partial charge in [0.25, 0.3) is 5.91 Å². The Balaban J connectivity index is 0.00000208. The van der Waals surface area contributed by atoms with E-state index in [9.17, 15) is 4.79 Å². The summed E-state index contributed by atoms with van der Waals surface area (Å²) in [5.41, 5.74) is 2.40. The number of nitrogens with one attached hydrogen (secondary N) is 2. The molecule has 2 aromatic rings. The summed E-state index contributed by atoms with van der Waals surface area (Å²) in [4.78, 5) is 12.5. The summed E-state index contributed by atoms with van der Waals surface area (Å²) in [6.07, 6.45) is 1.64. The second kappa shape index (κ2) is 8.01. The van der Waals surface area contributed by atoms with E-state index in [4.69, 9.17) is 11.6 Å². The summed E-state index contributed by atoms with van der Waals surface area (Å²) in [5.74, 6) is 0.640. The van der Waals surface area contributed by atoms with Crippen molar-refractivity contribution in [3.05, 3.63) is 46.7 Å². The van der Waals surface area contributed by atoms with E-state index < -0.39 is 0 Å². The van der Waals surface area contributed by atoms with Crippen molar-refractivity contribution in [2.45, 2.75) is 19.8 Å². The lowest BCUT2D eigenvalue weighted by Gasteiger charge is -2.27. The number of benzene rings is 1. The van der Waals surface area contributed by atoms with Gasteiger partial charge in [0.2, 0.25) is 0 Å². The van der Waals surface area contributed by atoms with Crippen LogP contribution in [0, 0.1) is 5.92 Å². The van der Waals surface area contributed by atoms with Gasteiger partial charge in [0.15, 0.2) is 0 Å². The Morgan fingerprint density at radius 3 is 2.79 bits per heavy atom. The highest BCUT2D eigenvalue weighted by Gasteiger charge is 2.23. The van der Waals surface area contributed by atoms with E-state index in [0.29, 0.717) is 23.0 Å². The number of carbonyl (C=O) groups excluding carboxylic acids is 1. The molecule has 1 saturated heterocycles. The molecule has 24 heavy (non-hydrogen) atoms. The van der Waals surface area contributed by atoms with Crippen LogP contribution in [-0.4, -0.2) is 35.3 Å². The second-order valence-electron chi connectivity index (χ2n) is 6.22. The van der Waals surface area contributed by atoms with Crippen LogP contribution in [0.1, 0.15) is 35.8 Å². The highest BCUT2D eigenvalue weighted by molar-refractivity contribution is 6.30. The molecule has 0 spiro atoms. The molecule has 1 aliphatic heterocycles. The number of nitrogens with zero attached hydrogens (tertiary/aromatic N) is 2. The maximum atomic E-state index is 12.5. The Hall–Kier alpha value is -1.56. The molecule has 1 aliphatic rings. The summed E-state index contributed by atoms with van der Waals surface area (Å²) in [7, 11) is 0. The van der Waals surface area contributed by atoms with Crippen LogP contribution in [0.25, 0.3) is 5.69 Å². The number of rotatable bonds is 5. The Morgan fingerprint density at radius 1 is 1.46 bits per heavy atom. The van der Waals surface area contributed by atoms with Gasteiger partial charge in [-0.15, -0.1) is 12.4 Å². The molecule has 0 bridgehead atoms. The van der Waals surface area contributed by atoms with Crippen LogP contribution in [0.4, 0.5) is 0 Å². The summed E-state index contributed by atoms with van der Waals surface area (Å²) < 4.78 is 1.80. The monoisotopic (exact) mass is 368 g/mol. The van der Waals surface area contributed by atoms with Crippen molar-refractivity contribution in [2.75, 3.05) is 19.6 Å². The van der Waals surface area contributed by atoms with E-state index in [2.05, 4.69) is 29.6 Å². The molecule has 0 unspecified atom stereocenters. The number of hydrogen-bond acceptors (Lipinski definition) is 3. The average molecular weight is 369 g/mol. The summed E-state index contributed by atoms with van der Waals surface area (Å²) in [6.45, 7) is 6.76. The van der Waals surface area contributed by atoms with Crippen LogP contribution in [-0.2, 0) is 0 Å². The van der Waals surface area contributed by atoms with Crippen LogP contribution >= 0.6 is 24.0 Å². The number of aromatic nitrogens is 2. The maximum absolute atomic E-state index is 12.5. The van der Waals surface area contributed by atoms with Crippen LogP contribution < -0.4 is 10.6 Å². The molecular weight excluding hydrogens is 347 g/mol. The largest absolute Gasteiger partial charge is 0.352 e. The first kappa shape index (κ1) is 18.8. The van der Waals surface area contributed by atoms with Gasteiger partial charge >= 0.3 is 0 Å². The number of amides is 1. The molecule has 7 heteroatoms.